The SMILES string of the molecule is C=Cc1cc(C(=O)Cc2ccc(C(=N)CC(=O)OCCCCCC)cc2)c(-c2ccc(C(=O)NCC3CC3)nc2C(=O)OCOC(=O)OC(C)C)cc1CO.C=Cc1cc(C(=O)O)c(-c2ccc(C(=O)NCC3CC3)nc2C(=O)OCOC(=O)OC(C)C)cc1CO.CCCCCCOC(=O)CC(=N)c1ccc(N)cc1. The fourth-order valence-corrected chi connectivity index (χ4v) is 10.7. The number of nitrogen functional groups attached to an aromatic ring is 1. The number of aliphatic hydroxyl groups is 2. The Morgan fingerprint density at radius 1 is 0.532 bits per heavy atom. The van der Waals surface area contributed by atoms with Crippen LogP contribution in [0.5, 0.6) is 0 Å². The summed E-state index contributed by atoms with van der Waals surface area (Å²) in [5.74, 6) is -4.79. The van der Waals surface area contributed by atoms with E-state index in [-0.39, 0.29) is 98.6 Å². The molecule has 2 aliphatic rings. The van der Waals surface area contributed by atoms with Gasteiger partial charge in [0.15, 0.2) is 17.2 Å². The number of benzene rings is 4. The van der Waals surface area contributed by atoms with Gasteiger partial charge in [0.2, 0.25) is 13.6 Å². The zero-order valence-corrected chi connectivity index (χ0v) is 63.5. The Hall–Kier alpha value is -11.8. The van der Waals surface area contributed by atoms with Gasteiger partial charge in [-0.25, -0.2) is 33.9 Å². The molecule has 9 N–H and O–H groups in total. The predicted molar refractivity (Wildman–Crippen MR) is 413 cm³/mol. The number of ether oxygens (including phenoxy) is 8. The third-order valence-electron chi connectivity index (χ3n) is 17.1. The number of anilines is 1. The van der Waals surface area contributed by atoms with Crippen molar-refractivity contribution in [2.24, 2.45) is 11.8 Å². The lowest BCUT2D eigenvalue weighted by atomic mass is 9.89. The molecular formula is C83H99N7O21. The van der Waals surface area contributed by atoms with Crippen LogP contribution in [0.3, 0.4) is 0 Å². The van der Waals surface area contributed by atoms with Crippen LogP contribution in [0.25, 0.3) is 34.4 Å². The molecule has 2 fully saturated rings. The summed E-state index contributed by atoms with van der Waals surface area (Å²) in [7, 11) is 0. The van der Waals surface area contributed by atoms with Crippen LogP contribution >= 0.6 is 0 Å². The van der Waals surface area contributed by atoms with Crippen LogP contribution in [-0.4, -0.2) is 149 Å². The minimum atomic E-state index is -1.30. The van der Waals surface area contributed by atoms with E-state index in [4.69, 9.17) is 54.4 Å². The largest absolute Gasteiger partial charge is 0.511 e. The molecule has 0 saturated heterocycles. The van der Waals surface area contributed by atoms with Crippen molar-refractivity contribution in [2.75, 3.05) is 45.6 Å². The highest BCUT2D eigenvalue weighted by Crippen LogP contribution is 2.35. The van der Waals surface area contributed by atoms with Crippen LogP contribution in [0, 0.1) is 22.7 Å². The number of carbonyl (C=O) groups is 10. The first-order valence-corrected chi connectivity index (χ1v) is 36.8. The van der Waals surface area contributed by atoms with Crippen LogP contribution in [0.1, 0.15) is 233 Å². The van der Waals surface area contributed by atoms with Crippen LogP contribution in [-0.2, 0) is 67.1 Å². The van der Waals surface area contributed by atoms with Gasteiger partial charge >= 0.3 is 42.2 Å². The van der Waals surface area contributed by atoms with Gasteiger partial charge in [-0.3, -0.25) is 24.0 Å². The number of hydrogen-bond donors (Lipinski definition) is 8. The molecule has 28 heteroatoms. The molecule has 2 heterocycles. The quantitative estimate of drug-likeness (QED) is 0.00337. The molecule has 8 rings (SSSR count). The summed E-state index contributed by atoms with van der Waals surface area (Å²) >= 11 is 0. The molecule has 111 heavy (non-hydrogen) atoms. The first-order valence-electron chi connectivity index (χ1n) is 36.8. The number of aromatic nitrogens is 2. The van der Waals surface area contributed by atoms with Crippen molar-refractivity contribution >= 4 is 89.0 Å². The maximum atomic E-state index is 14.1. The third-order valence-corrected chi connectivity index (χ3v) is 17.1. The van der Waals surface area contributed by atoms with E-state index in [1.807, 2.05) is 0 Å². The van der Waals surface area contributed by atoms with Gasteiger partial charge in [0.05, 0.1) is 57.0 Å². The molecule has 0 aliphatic heterocycles. The molecule has 4 aromatic carbocycles. The number of nitrogens with one attached hydrogen (secondary N) is 4. The van der Waals surface area contributed by atoms with E-state index in [2.05, 4.69) is 47.6 Å². The van der Waals surface area contributed by atoms with Crippen molar-refractivity contribution in [1.82, 2.24) is 20.6 Å². The fourth-order valence-electron chi connectivity index (χ4n) is 10.7. The van der Waals surface area contributed by atoms with E-state index in [0.29, 0.717) is 82.8 Å². The van der Waals surface area contributed by atoms with Crippen LogP contribution in [0.15, 0.2) is 110 Å². The second-order valence-corrected chi connectivity index (χ2v) is 26.7. The number of aromatic carboxylic acids is 1. The molecule has 0 unspecified atom stereocenters. The Kier molecular flexibility index (Phi) is 35.9. The number of carboxylic acid groups (broad SMARTS) is 1. The number of carboxylic acids is 1. The topological polar surface area (TPSA) is 429 Å². The summed E-state index contributed by atoms with van der Waals surface area (Å²) < 4.78 is 39.9. The first kappa shape index (κ1) is 88.1. The fraction of sp³-hybridized carbons (Fsp3) is 0.398. The van der Waals surface area contributed by atoms with Crippen LogP contribution in [0.4, 0.5) is 15.3 Å². The molecule has 0 spiro atoms. The average molecular weight is 1530 g/mol. The summed E-state index contributed by atoms with van der Waals surface area (Å²) in [5, 5.41) is 51.6. The molecule has 592 valence electrons. The molecule has 6 aromatic rings. The summed E-state index contributed by atoms with van der Waals surface area (Å²) in [4.78, 5) is 134. The Morgan fingerprint density at radius 3 is 1.32 bits per heavy atom. The monoisotopic (exact) mass is 1530 g/mol. The standard InChI is InChI=1S/C42H49N3O10.C26H28N2O9.C15H22N2O2/c1-5-7-8-9-18-52-38(48)22-35(43)30-14-12-27(13-15-30)19-37(47)34-20-29(6-2)31(24-46)21-33(34)32-16-17-36(40(49)44-23-28-10-11-28)45-39(32)41(50)53-25-54-42(51)55-26(3)4;1-4-16-9-20(24(31)32)19(10-17(16)12-29)18-7-8-21(23(30)27-11-15-5-6-15)28-22(18)25(33)35-13-36-26(34)37-14(2)3;1-2-3-4-5-10-19-15(18)11-14(17)12-6-8-13(16)9-7-12/h6,12-17,20-21,26,28,43,46H,2,5,7-11,18-19,22-25H2,1,3-4H3,(H,44,49);4,7-10,14-15,29H,1,5-6,11-13H2,2-3H3,(H,27,30)(H,31,32);6-9,17H,2-5,10-11,16H2,1H3. The van der Waals surface area contributed by atoms with E-state index in [1.165, 1.54) is 55.0 Å². The lowest BCUT2D eigenvalue weighted by Gasteiger charge is -2.17. The van der Waals surface area contributed by atoms with Gasteiger partial charge in [-0.05, 0) is 189 Å². The van der Waals surface area contributed by atoms with Crippen molar-refractivity contribution in [3.05, 3.63) is 183 Å². The number of pyridine rings is 2. The van der Waals surface area contributed by atoms with E-state index >= 15 is 0 Å². The maximum Gasteiger partial charge on any atom is 0.511 e. The minimum absolute atomic E-state index is 0.0116. The number of aliphatic hydroxyl groups excluding tert-OH is 2. The number of esters is 4. The molecule has 2 amide bonds. The van der Waals surface area contributed by atoms with Gasteiger partial charge in [0, 0.05) is 53.3 Å². The Balaban J connectivity index is 0.000000293. The summed E-state index contributed by atoms with van der Waals surface area (Å²) in [6, 6.07) is 25.1. The molecule has 2 saturated carbocycles. The first-order chi connectivity index (χ1) is 53.2. The van der Waals surface area contributed by atoms with Crippen LogP contribution < -0.4 is 16.4 Å². The molecule has 28 nitrogen and oxygen atoms in total. The Bertz CT molecular complexity index is 4300. The molecule has 0 atom stereocenters. The minimum Gasteiger partial charge on any atom is -0.478 e. The highest BCUT2D eigenvalue weighted by Gasteiger charge is 2.30. The molecule has 2 aromatic heterocycles. The van der Waals surface area contributed by atoms with E-state index in [1.54, 1.807) is 88.4 Å². The number of amides is 2. The van der Waals surface area contributed by atoms with E-state index in [0.717, 1.165) is 70.6 Å². The van der Waals surface area contributed by atoms with Crippen molar-refractivity contribution in [3.8, 4) is 22.3 Å². The smallest absolute Gasteiger partial charge is 0.478 e. The number of hydrogen-bond acceptors (Lipinski definition) is 25. The zero-order valence-electron chi connectivity index (χ0n) is 63.5. The Morgan fingerprint density at radius 2 is 0.937 bits per heavy atom. The molecule has 2 aliphatic carbocycles. The predicted octanol–water partition coefficient (Wildman–Crippen LogP) is 13.6. The number of nitrogens with two attached hydrogens (primary N) is 1. The van der Waals surface area contributed by atoms with E-state index in [9.17, 15) is 63.3 Å². The summed E-state index contributed by atoms with van der Waals surface area (Å²) in [6.07, 6.45) is 11.9. The number of rotatable bonds is 40. The van der Waals surface area contributed by atoms with Gasteiger partial charge in [0.1, 0.15) is 11.4 Å². The van der Waals surface area contributed by atoms with Gasteiger partial charge in [-0.1, -0.05) is 114 Å². The second-order valence-electron chi connectivity index (χ2n) is 26.7. The van der Waals surface area contributed by atoms with Gasteiger partial charge < -0.3 is 80.4 Å². The highest BCUT2D eigenvalue weighted by molar-refractivity contribution is 6.10. The van der Waals surface area contributed by atoms with Gasteiger partial charge in [-0.15, -0.1) is 0 Å². The Labute approximate surface area is 644 Å². The number of ketones is 1. The van der Waals surface area contributed by atoms with E-state index < -0.39 is 87.0 Å². The number of Topliss-reactive ketones (excluding diaryl/α,β-unsaturated/α-hetero) is 1. The molecular weight excluding hydrogens is 1430 g/mol. The summed E-state index contributed by atoms with van der Waals surface area (Å²) in [6.45, 7) is 17.4. The van der Waals surface area contributed by atoms with Crippen molar-refractivity contribution in [2.45, 2.75) is 163 Å². The summed E-state index contributed by atoms with van der Waals surface area (Å²) in [5.41, 5.74) is 9.64. The van der Waals surface area contributed by atoms with Crippen molar-refractivity contribution in [3.63, 3.8) is 0 Å². The van der Waals surface area contributed by atoms with Crippen LogP contribution in [0.2, 0.25) is 0 Å². The maximum absolute atomic E-state index is 14.1. The molecule has 0 bridgehead atoms. The average Bonchev–Trinajstić information content (AvgIpc) is 1.68. The third kappa shape index (κ3) is 29.3. The number of nitrogens with zero attached hydrogens (tertiary/aromatic N) is 2. The van der Waals surface area contributed by atoms with Crippen molar-refractivity contribution < 1.29 is 101 Å². The number of carbonyl (C=O) groups excluding carboxylic acids is 9. The number of unbranched alkanes of at least 4 members (excludes halogenated alkanes) is 6. The van der Waals surface area contributed by atoms with Gasteiger partial charge in [0.25, 0.3) is 11.8 Å². The molecule has 0 radical (unpaired) electrons. The normalized spacial score (nSPS) is 11.9. The second kappa shape index (κ2) is 45.3. The lowest BCUT2D eigenvalue weighted by Crippen LogP contribution is -2.27. The highest BCUT2D eigenvalue weighted by atomic mass is 16.8. The van der Waals surface area contributed by atoms with Gasteiger partial charge in [-0.2, -0.15) is 0 Å². The van der Waals surface area contributed by atoms with Crippen molar-refractivity contribution in [1.29, 1.82) is 10.8 Å². The lowest BCUT2D eigenvalue weighted by molar-refractivity contribution is -0.143. The zero-order chi connectivity index (χ0) is 81.1.